The Kier molecular flexibility index (Phi) is 5.09. The van der Waals surface area contributed by atoms with Crippen LogP contribution in [0.5, 0.6) is 5.75 Å². The van der Waals surface area contributed by atoms with E-state index in [1.165, 1.54) is 10.9 Å². The molecule has 4 rings (SSSR count). The van der Waals surface area contributed by atoms with Crippen molar-refractivity contribution in [1.82, 2.24) is 9.55 Å². The van der Waals surface area contributed by atoms with Crippen LogP contribution in [0.25, 0.3) is 10.9 Å². The number of anilines is 1. The van der Waals surface area contributed by atoms with E-state index in [0.29, 0.717) is 16.8 Å². The van der Waals surface area contributed by atoms with E-state index >= 15 is 0 Å². The Morgan fingerprint density at radius 2 is 1.97 bits per heavy atom. The zero-order chi connectivity index (χ0) is 20.5. The highest BCUT2D eigenvalue weighted by atomic mass is 16.5. The van der Waals surface area contributed by atoms with E-state index < -0.39 is 0 Å². The number of para-hydroxylation sites is 1. The lowest BCUT2D eigenvalue weighted by Crippen LogP contribution is -2.43. The predicted molar refractivity (Wildman–Crippen MR) is 113 cm³/mol. The molecule has 1 atom stereocenters. The Morgan fingerprint density at radius 1 is 1.24 bits per heavy atom. The van der Waals surface area contributed by atoms with Crippen LogP contribution in [-0.2, 0) is 11.3 Å². The number of aromatic nitrogens is 2. The average molecular weight is 391 g/mol. The Labute approximate surface area is 169 Å². The smallest absolute Gasteiger partial charge is 0.261 e. The molecule has 2 aromatic carbocycles. The molecule has 29 heavy (non-hydrogen) atoms. The van der Waals surface area contributed by atoms with Crippen LogP contribution >= 0.6 is 0 Å². The fourth-order valence-corrected chi connectivity index (χ4v) is 3.81. The summed E-state index contributed by atoms with van der Waals surface area (Å²) in [5.41, 5.74) is 2.24. The Bertz CT molecular complexity index is 1100. The zero-order valence-corrected chi connectivity index (χ0v) is 17.0. The number of amides is 1. The van der Waals surface area contributed by atoms with Gasteiger partial charge in [0.05, 0.1) is 24.3 Å². The number of hydrogen-bond donors (Lipinski definition) is 0. The molecule has 1 aromatic heterocycles. The van der Waals surface area contributed by atoms with Gasteiger partial charge >= 0.3 is 0 Å². The normalized spacial score (nSPS) is 14.6. The molecular formula is C23H25N3O3. The molecule has 0 aliphatic heterocycles. The molecule has 1 amide bonds. The van der Waals surface area contributed by atoms with Crippen molar-refractivity contribution in [2.24, 2.45) is 5.92 Å². The number of benzene rings is 2. The first-order valence-electron chi connectivity index (χ1n) is 9.90. The lowest BCUT2D eigenvalue weighted by molar-refractivity contribution is -0.119. The molecule has 3 aromatic rings. The minimum absolute atomic E-state index is 0.0429. The van der Waals surface area contributed by atoms with Crippen LogP contribution in [-0.4, -0.2) is 28.6 Å². The standard InChI is InChI=1S/C23H25N3O3/c1-15-5-4-6-20-22(15)24-14-25(23(20)28)13-21(27)26(16(2)17-7-8-17)18-9-11-19(29-3)12-10-18/h4-6,9-12,14,16-17H,7-8,13H2,1-3H3. The molecule has 1 aliphatic carbocycles. The van der Waals surface area contributed by atoms with Gasteiger partial charge in [-0.05, 0) is 68.5 Å². The first-order valence-corrected chi connectivity index (χ1v) is 9.90. The number of methoxy groups -OCH3 is 1. The van der Waals surface area contributed by atoms with Gasteiger partial charge in [0.15, 0.2) is 0 Å². The molecule has 1 unspecified atom stereocenters. The summed E-state index contributed by atoms with van der Waals surface area (Å²) in [6.07, 6.45) is 3.72. The van der Waals surface area contributed by atoms with Crippen LogP contribution < -0.4 is 15.2 Å². The summed E-state index contributed by atoms with van der Waals surface area (Å²) in [5, 5.41) is 0.534. The molecule has 0 bridgehead atoms. The third kappa shape index (κ3) is 3.75. The van der Waals surface area contributed by atoms with E-state index in [2.05, 4.69) is 11.9 Å². The molecule has 1 aliphatic rings. The first kappa shape index (κ1) is 19.2. The third-order valence-corrected chi connectivity index (χ3v) is 5.69. The third-order valence-electron chi connectivity index (χ3n) is 5.69. The highest BCUT2D eigenvalue weighted by Gasteiger charge is 2.35. The Balaban J connectivity index is 1.67. The van der Waals surface area contributed by atoms with E-state index in [4.69, 9.17) is 4.74 Å². The van der Waals surface area contributed by atoms with Crippen molar-refractivity contribution in [2.75, 3.05) is 12.0 Å². The lowest BCUT2D eigenvalue weighted by Gasteiger charge is -2.30. The van der Waals surface area contributed by atoms with Gasteiger partial charge in [0.2, 0.25) is 5.91 Å². The zero-order valence-electron chi connectivity index (χ0n) is 17.0. The molecular weight excluding hydrogens is 366 g/mol. The molecule has 0 N–H and O–H groups in total. The predicted octanol–water partition coefficient (Wildman–Crippen LogP) is 3.55. The molecule has 6 nitrogen and oxygen atoms in total. The first-order chi connectivity index (χ1) is 14.0. The van der Waals surface area contributed by atoms with Crippen LogP contribution in [0.1, 0.15) is 25.3 Å². The molecule has 1 saturated carbocycles. The number of hydrogen-bond acceptors (Lipinski definition) is 4. The maximum atomic E-state index is 13.3. The van der Waals surface area contributed by atoms with Crippen molar-refractivity contribution in [3.63, 3.8) is 0 Å². The van der Waals surface area contributed by atoms with Crippen LogP contribution in [0, 0.1) is 12.8 Å². The minimum atomic E-state index is -0.194. The van der Waals surface area contributed by atoms with E-state index in [1.54, 1.807) is 13.2 Å². The minimum Gasteiger partial charge on any atom is -0.497 e. The van der Waals surface area contributed by atoms with E-state index in [0.717, 1.165) is 29.8 Å². The van der Waals surface area contributed by atoms with Crippen molar-refractivity contribution < 1.29 is 9.53 Å². The highest BCUT2D eigenvalue weighted by molar-refractivity contribution is 5.94. The second-order valence-electron chi connectivity index (χ2n) is 7.69. The summed E-state index contributed by atoms with van der Waals surface area (Å²) >= 11 is 0. The summed E-state index contributed by atoms with van der Waals surface area (Å²) in [7, 11) is 1.62. The Morgan fingerprint density at radius 3 is 2.62 bits per heavy atom. The topological polar surface area (TPSA) is 64.4 Å². The fraction of sp³-hybridized carbons (Fsp3) is 0.348. The number of aryl methyl sites for hydroxylation is 1. The average Bonchev–Trinajstić information content (AvgIpc) is 3.57. The summed E-state index contributed by atoms with van der Waals surface area (Å²) < 4.78 is 6.64. The van der Waals surface area contributed by atoms with Gasteiger partial charge in [-0.25, -0.2) is 4.98 Å². The number of nitrogens with zero attached hydrogens (tertiary/aromatic N) is 3. The largest absolute Gasteiger partial charge is 0.497 e. The van der Waals surface area contributed by atoms with Gasteiger partial charge in [0.1, 0.15) is 12.3 Å². The molecule has 0 radical (unpaired) electrons. The van der Waals surface area contributed by atoms with Gasteiger partial charge in [0.25, 0.3) is 5.56 Å². The molecule has 0 spiro atoms. The molecule has 6 heteroatoms. The summed E-state index contributed by atoms with van der Waals surface area (Å²) in [4.78, 5) is 32.4. The molecule has 0 saturated heterocycles. The van der Waals surface area contributed by atoms with Crippen LogP contribution in [0.3, 0.4) is 0 Å². The van der Waals surface area contributed by atoms with Gasteiger partial charge in [-0.15, -0.1) is 0 Å². The van der Waals surface area contributed by atoms with Crippen molar-refractivity contribution in [2.45, 2.75) is 39.3 Å². The Hall–Kier alpha value is -3.15. The monoisotopic (exact) mass is 391 g/mol. The summed E-state index contributed by atoms with van der Waals surface area (Å²) in [6, 6.07) is 13.1. The number of carbonyl (C=O) groups is 1. The molecule has 1 fully saturated rings. The summed E-state index contributed by atoms with van der Waals surface area (Å²) in [5.74, 6) is 1.12. The fourth-order valence-electron chi connectivity index (χ4n) is 3.81. The number of fused-ring (bicyclic) bond motifs is 1. The van der Waals surface area contributed by atoms with Gasteiger partial charge in [-0.3, -0.25) is 14.2 Å². The summed E-state index contributed by atoms with van der Waals surface area (Å²) in [6.45, 7) is 3.95. The van der Waals surface area contributed by atoms with Gasteiger partial charge in [-0.1, -0.05) is 12.1 Å². The van der Waals surface area contributed by atoms with Crippen molar-refractivity contribution in [3.05, 3.63) is 64.7 Å². The van der Waals surface area contributed by atoms with E-state index in [1.807, 2.05) is 48.2 Å². The lowest BCUT2D eigenvalue weighted by atomic mass is 10.1. The van der Waals surface area contributed by atoms with Crippen LogP contribution in [0.4, 0.5) is 5.69 Å². The van der Waals surface area contributed by atoms with Gasteiger partial charge in [0, 0.05) is 11.7 Å². The number of carbonyl (C=O) groups excluding carboxylic acids is 1. The van der Waals surface area contributed by atoms with Crippen LogP contribution in [0.15, 0.2) is 53.6 Å². The van der Waals surface area contributed by atoms with E-state index in [9.17, 15) is 9.59 Å². The second-order valence-corrected chi connectivity index (χ2v) is 7.69. The van der Waals surface area contributed by atoms with Crippen molar-refractivity contribution >= 4 is 22.5 Å². The second kappa shape index (κ2) is 7.70. The molecule has 1 heterocycles. The van der Waals surface area contributed by atoms with E-state index in [-0.39, 0.29) is 24.1 Å². The van der Waals surface area contributed by atoms with Gasteiger partial charge < -0.3 is 9.64 Å². The highest BCUT2D eigenvalue weighted by Crippen LogP contribution is 2.37. The number of ether oxygens (including phenoxy) is 1. The quantitative estimate of drug-likeness (QED) is 0.645. The maximum Gasteiger partial charge on any atom is 0.261 e. The van der Waals surface area contributed by atoms with Crippen molar-refractivity contribution in [3.8, 4) is 5.75 Å². The van der Waals surface area contributed by atoms with Gasteiger partial charge in [-0.2, -0.15) is 0 Å². The van der Waals surface area contributed by atoms with Crippen LogP contribution in [0.2, 0.25) is 0 Å². The van der Waals surface area contributed by atoms with Crippen molar-refractivity contribution in [1.29, 1.82) is 0 Å². The SMILES string of the molecule is COc1ccc(N(C(=O)Cn2cnc3c(C)cccc3c2=O)C(C)C2CC2)cc1. The maximum absolute atomic E-state index is 13.3. The number of rotatable bonds is 6. The molecule has 150 valence electrons.